The van der Waals surface area contributed by atoms with E-state index in [4.69, 9.17) is 5.11 Å². The molecule has 10 heteroatoms. The van der Waals surface area contributed by atoms with E-state index in [0.717, 1.165) is 0 Å². The molecule has 3 nitrogen and oxygen atoms in total. The molecule has 0 radical (unpaired) electrons. The quantitative estimate of drug-likeness (QED) is 0.505. The molecule has 1 aromatic rings. The predicted octanol–water partition coefficient (Wildman–Crippen LogP) is 3.08. The van der Waals surface area contributed by atoms with Crippen molar-refractivity contribution < 1.29 is 34.9 Å². The zero-order valence-corrected chi connectivity index (χ0v) is 9.97. The van der Waals surface area contributed by atoms with Crippen LogP contribution in [0.1, 0.15) is 6.92 Å². The van der Waals surface area contributed by atoms with Crippen molar-refractivity contribution >= 4 is 7.81 Å². The van der Waals surface area contributed by atoms with E-state index in [0.29, 0.717) is 6.54 Å². The molecule has 0 spiro atoms. The molecule has 0 aromatic carbocycles. The van der Waals surface area contributed by atoms with E-state index in [1.807, 2.05) is 34.9 Å². The van der Waals surface area contributed by atoms with Gasteiger partial charge in [0, 0.05) is 0 Å². The number of nitrogens with zero attached hydrogens (tertiary/aromatic N) is 2. The molecular formula is C7H13F6N2OP. The number of aryl methyl sites for hydroxylation is 1. The van der Waals surface area contributed by atoms with E-state index in [1.165, 1.54) is 0 Å². The van der Waals surface area contributed by atoms with Gasteiger partial charge in [0.25, 0.3) is 0 Å². The molecule has 0 saturated carbocycles. The first kappa shape index (κ1) is 16.2. The van der Waals surface area contributed by atoms with E-state index in [1.54, 1.807) is 6.92 Å². The molecule has 17 heavy (non-hydrogen) atoms. The Morgan fingerprint density at radius 1 is 1.24 bits per heavy atom. The molecule has 0 bridgehead atoms. The second-order valence-electron chi connectivity index (χ2n) is 3.58. The van der Waals surface area contributed by atoms with Crippen LogP contribution in [0.25, 0.3) is 0 Å². The van der Waals surface area contributed by atoms with Gasteiger partial charge in [-0.25, -0.2) is 9.13 Å². The fraction of sp³-hybridized carbons (Fsp3) is 0.571. The van der Waals surface area contributed by atoms with Gasteiger partial charge in [-0.15, -0.1) is 0 Å². The van der Waals surface area contributed by atoms with Crippen LogP contribution < -0.4 is 4.57 Å². The van der Waals surface area contributed by atoms with Gasteiger partial charge in [-0.2, -0.15) is 0 Å². The van der Waals surface area contributed by atoms with Gasteiger partial charge >= 0.3 is 33.0 Å². The number of hydrogen-bond donors (Lipinski definition) is 1. The van der Waals surface area contributed by atoms with Gasteiger partial charge < -0.3 is 5.11 Å². The topological polar surface area (TPSA) is 29.0 Å². The van der Waals surface area contributed by atoms with Crippen molar-refractivity contribution in [3.63, 3.8) is 0 Å². The van der Waals surface area contributed by atoms with Gasteiger partial charge in [0.1, 0.15) is 18.9 Å². The number of aliphatic hydroxyl groups excluding tert-OH is 1. The monoisotopic (exact) mass is 286 g/mol. The summed E-state index contributed by atoms with van der Waals surface area (Å²) in [4.78, 5) is 0. The summed E-state index contributed by atoms with van der Waals surface area (Å²) in [6.07, 6.45) is 5.55. The molecule has 1 N–H and O–H groups in total. The Kier molecular flexibility index (Phi) is 3.93. The first-order valence-corrected chi connectivity index (χ1v) is 6.42. The molecule has 1 atom stereocenters. The maximum atomic E-state index is 9.87. The summed E-state index contributed by atoms with van der Waals surface area (Å²) in [5.41, 5.74) is 0. The summed E-state index contributed by atoms with van der Waals surface area (Å²) >= 11 is 0. The Morgan fingerprint density at radius 3 is 1.88 bits per heavy atom. The third-order valence-corrected chi connectivity index (χ3v) is 1.30. The first-order chi connectivity index (χ1) is 7.13. The molecule has 1 unspecified atom stereocenters. The van der Waals surface area contributed by atoms with Crippen molar-refractivity contribution in [2.75, 3.05) is 0 Å². The van der Waals surface area contributed by atoms with E-state index in [2.05, 4.69) is 0 Å². The van der Waals surface area contributed by atoms with Crippen molar-refractivity contribution in [1.82, 2.24) is 4.57 Å². The summed E-state index contributed by atoms with van der Waals surface area (Å²) in [6.45, 7) is 2.45. The number of aliphatic hydroxyl groups is 1. The Hall–Kier alpha value is -0.820. The van der Waals surface area contributed by atoms with E-state index in [9.17, 15) is 25.2 Å². The molecule has 1 rings (SSSR count). The van der Waals surface area contributed by atoms with Crippen LogP contribution in [0.5, 0.6) is 0 Å². The standard InChI is InChI=1S/C7H13N2O.F6P/c1-7(10)5-9-4-3-8(2)6-9;1-7(2,3,4,5)6/h3-4,6-7,10H,5H2,1-2H3;/q+1;-1. The van der Waals surface area contributed by atoms with Crippen molar-refractivity contribution in [1.29, 1.82) is 0 Å². The van der Waals surface area contributed by atoms with Crippen molar-refractivity contribution in [3.05, 3.63) is 18.7 Å². The zero-order chi connectivity index (χ0) is 14.0. The summed E-state index contributed by atoms with van der Waals surface area (Å²) in [7, 11) is -8.70. The SMILES string of the molecule is CC(O)Cn1cc[n+](C)c1.F[P-](F)(F)(F)(F)F. The average molecular weight is 286 g/mol. The molecule has 1 aromatic heterocycles. The molecule has 1 heterocycles. The summed E-state index contributed by atoms with van der Waals surface area (Å²) in [6, 6.07) is 0. The predicted molar refractivity (Wildman–Crippen MR) is 50.9 cm³/mol. The summed E-state index contributed by atoms with van der Waals surface area (Å²) in [5, 5.41) is 8.98. The van der Waals surface area contributed by atoms with Crippen LogP contribution in [-0.2, 0) is 13.6 Å². The minimum absolute atomic E-state index is 0.271. The molecule has 0 aliphatic heterocycles. The van der Waals surface area contributed by atoms with Crippen LogP contribution in [-0.4, -0.2) is 15.8 Å². The Balaban J connectivity index is 0.000000325. The van der Waals surface area contributed by atoms with Crippen LogP contribution in [0.4, 0.5) is 25.2 Å². The van der Waals surface area contributed by atoms with Crippen LogP contribution in [0.2, 0.25) is 0 Å². The average Bonchev–Trinajstić information content (AvgIpc) is 2.26. The van der Waals surface area contributed by atoms with Crippen LogP contribution in [0, 0.1) is 0 Å². The van der Waals surface area contributed by atoms with Gasteiger partial charge in [0.2, 0.25) is 6.33 Å². The molecule has 0 aliphatic rings. The van der Waals surface area contributed by atoms with Gasteiger partial charge in [0.15, 0.2) is 0 Å². The second kappa shape index (κ2) is 4.13. The van der Waals surface area contributed by atoms with Gasteiger partial charge in [-0.05, 0) is 6.92 Å². The first-order valence-electron chi connectivity index (χ1n) is 4.39. The molecule has 0 saturated heterocycles. The van der Waals surface area contributed by atoms with E-state index >= 15 is 0 Å². The normalized spacial score (nSPS) is 17.5. The summed E-state index contributed by atoms with van der Waals surface area (Å²) < 4.78 is 63.1. The third kappa shape index (κ3) is 17.8. The fourth-order valence-electron chi connectivity index (χ4n) is 0.915. The molecular weight excluding hydrogens is 273 g/mol. The van der Waals surface area contributed by atoms with Gasteiger partial charge in [-0.3, -0.25) is 0 Å². The molecule has 104 valence electrons. The number of rotatable bonds is 2. The van der Waals surface area contributed by atoms with Crippen LogP contribution >= 0.6 is 7.81 Å². The van der Waals surface area contributed by atoms with Crippen LogP contribution in [0.15, 0.2) is 18.7 Å². The van der Waals surface area contributed by atoms with Crippen LogP contribution in [0.3, 0.4) is 0 Å². The number of halogens is 6. The van der Waals surface area contributed by atoms with E-state index in [-0.39, 0.29) is 6.10 Å². The fourth-order valence-corrected chi connectivity index (χ4v) is 0.915. The van der Waals surface area contributed by atoms with E-state index < -0.39 is 7.81 Å². The number of aromatic nitrogens is 2. The molecule has 0 amide bonds. The van der Waals surface area contributed by atoms with Gasteiger partial charge in [-0.1, -0.05) is 0 Å². The molecule has 0 fully saturated rings. The van der Waals surface area contributed by atoms with Gasteiger partial charge in [0.05, 0.1) is 13.2 Å². The second-order valence-corrected chi connectivity index (χ2v) is 5.50. The number of hydrogen-bond acceptors (Lipinski definition) is 1. The molecule has 0 aliphatic carbocycles. The third-order valence-electron chi connectivity index (χ3n) is 1.30. The Morgan fingerprint density at radius 2 is 1.65 bits per heavy atom. The van der Waals surface area contributed by atoms with Crippen molar-refractivity contribution in [2.24, 2.45) is 7.05 Å². The summed E-state index contributed by atoms with van der Waals surface area (Å²) in [5.74, 6) is 0. The maximum absolute atomic E-state index is 10.7. The Labute approximate surface area is 93.5 Å². The number of imidazole rings is 1. The Bertz CT molecular complexity index is 358. The zero-order valence-electron chi connectivity index (χ0n) is 9.07. The van der Waals surface area contributed by atoms with Crippen molar-refractivity contribution in [2.45, 2.75) is 19.6 Å². The van der Waals surface area contributed by atoms with Crippen molar-refractivity contribution in [3.8, 4) is 0 Å². The minimum atomic E-state index is -10.7.